The van der Waals surface area contributed by atoms with E-state index in [2.05, 4.69) is 22.7 Å². The number of rotatable bonds is 3. The number of carbonyl (C=O) groups is 1. The lowest BCUT2D eigenvalue weighted by atomic mass is 10.0. The van der Waals surface area contributed by atoms with Gasteiger partial charge in [0.15, 0.2) is 0 Å². The largest absolute Gasteiger partial charge is 0.349 e. The highest BCUT2D eigenvalue weighted by atomic mass is 35.5. The molecule has 2 aromatic rings. The number of aromatic nitrogens is 2. The molecule has 1 aromatic heterocycles. The number of halogens is 1. The molecule has 2 heterocycles. The molecule has 1 amide bonds. The van der Waals surface area contributed by atoms with Crippen molar-refractivity contribution in [3.05, 3.63) is 46.7 Å². The van der Waals surface area contributed by atoms with Crippen molar-refractivity contribution in [1.82, 2.24) is 20.4 Å². The summed E-state index contributed by atoms with van der Waals surface area (Å²) in [6, 6.07) is 8.12. The topological polar surface area (TPSA) is 59.0 Å². The fraction of sp³-hybridized carbons (Fsp3) is 0.412. The molecule has 1 aliphatic rings. The number of nitrogens with zero attached hydrogens (tertiary/aromatic N) is 2. The van der Waals surface area contributed by atoms with Crippen molar-refractivity contribution in [2.75, 3.05) is 6.54 Å². The lowest BCUT2D eigenvalue weighted by molar-refractivity contribution is 0.0925. The summed E-state index contributed by atoms with van der Waals surface area (Å²) in [5.74, 6) is -0.0695. The maximum Gasteiger partial charge on any atom is 0.254 e. The first kappa shape index (κ1) is 16.0. The van der Waals surface area contributed by atoms with Crippen molar-refractivity contribution in [2.24, 2.45) is 0 Å². The second-order valence-electron chi connectivity index (χ2n) is 6.06. The van der Waals surface area contributed by atoms with Crippen molar-refractivity contribution in [2.45, 2.75) is 38.8 Å². The van der Waals surface area contributed by atoms with Gasteiger partial charge < -0.3 is 10.6 Å². The van der Waals surface area contributed by atoms with Crippen molar-refractivity contribution in [1.29, 1.82) is 0 Å². The standard InChI is InChI=1S/C17H21ClN4O/c1-11-9-13(7-8-19-11)21-17(23)14-10-20-22(12(14)2)16-6-4-3-5-15(16)18/h3-6,10-11,13,19H,7-9H2,1-2H3,(H,21,23). The molecule has 0 radical (unpaired) electrons. The summed E-state index contributed by atoms with van der Waals surface area (Å²) in [5.41, 5.74) is 2.16. The summed E-state index contributed by atoms with van der Waals surface area (Å²) in [4.78, 5) is 12.6. The molecule has 1 saturated heterocycles. The van der Waals surface area contributed by atoms with Crippen molar-refractivity contribution < 1.29 is 4.79 Å². The summed E-state index contributed by atoms with van der Waals surface area (Å²) in [5, 5.41) is 11.5. The Bertz CT molecular complexity index is 712. The fourth-order valence-corrected chi connectivity index (χ4v) is 3.24. The van der Waals surface area contributed by atoms with Crippen LogP contribution < -0.4 is 10.6 Å². The Morgan fingerprint density at radius 1 is 1.43 bits per heavy atom. The predicted octanol–water partition coefficient (Wildman–Crippen LogP) is 2.70. The summed E-state index contributed by atoms with van der Waals surface area (Å²) in [6.07, 6.45) is 3.51. The highest BCUT2D eigenvalue weighted by molar-refractivity contribution is 6.32. The number of amides is 1. The Balaban J connectivity index is 1.79. The number of nitrogens with one attached hydrogen (secondary N) is 2. The molecular weight excluding hydrogens is 312 g/mol. The number of carbonyl (C=O) groups excluding carboxylic acids is 1. The number of piperidine rings is 1. The van der Waals surface area contributed by atoms with Crippen molar-refractivity contribution in [3.8, 4) is 5.69 Å². The summed E-state index contributed by atoms with van der Waals surface area (Å²) < 4.78 is 1.71. The van der Waals surface area contributed by atoms with E-state index in [0.29, 0.717) is 16.6 Å². The Morgan fingerprint density at radius 3 is 2.96 bits per heavy atom. The van der Waals surface area contributed by atoms with Gasteiger partial charge >= 0.3 is 0 Å². The molecule has 5 nitrogen and oxygen atoms in total. The van der Waals surface area contributed by atoms with Gasteiger partial charge in [-0.1, -0.05) is 23.7 Å². The van der Waals surface area contributed by atoms with Gasteiger partial charge in [-0.2, -0.15) is 5.10 Å². The molecule has 3 rings (SSSR count). The van der Waals surface area contributed by atoms with Gasteiger partial charge in [0.25, 0.3) is 5.91 Å². The number of hydrogen-bond acceptors (Lipinski definition) is 3. The van der Waals surface area contributed by atoms with E-state index < -0.39 is 0 Å². The molecule has 1 aromatic carbocycles. The van der Waals surface area contributed by atoms with Crippen LogP contribution in [0.5, 0.6) is 0 Å². The smallest absolute Gasteiger partial charge is 0.254 e. The van der Waals surface area contributed by atoms with E-state index in [4.69, 9.17) is 11.6 Å². The molecule has 2 unspecified atom stereocenters. The third-order valence-corrected chi connectivity index (χ3v) is 4.61. The first-order valence-corrected chi connectivity index (χ1v) is 8.28. The van der Waals surface area contributed by atoms with E-state index in [0.717, 1.165) is 30.8 Å². The Kier molecular flexibility index (Phi) is 4.68. The summed E-state index contributed by atoms with van der Waals surface area (Å²) >= 11 is 6.22. The van der Waals surface area contributed by atoms with Crippen LogP contribution >= 0.6 is 11.6 Å². The molecule has 0 saturated carbocycles. The third kappa shape index (κ3) is 3.41. The van der Waals surface area contributed by atoms with Crippen LogP contribution in [0.2, 0.25) is 5.02 Å². The molecule has 0 bridgehead atoms. The van der Waals surface area contributed by atoms with Gasteiger partial charge in [0.1, 0.15) is 0 Å². The van der Waals surface area contributed by atoms with Crippen LogP contribution in [0, 0.1) is 6.92 Å². The molecule has 2 atom stereocenters. The number of para-hydroxylation sites is 1. The minimum absolute atomic E-state index is 0.0695. The Hall–Kier alpha value is -1.85. The number of hydrogen-bond donors (Lipinski definition) is 2. The average Bonchev–Trinajstić information content (AvgIpc) is 2.89. The van der Waals surface area contributed by atoms with Crippen molar-refractivity contribution in [3.63, 3.8) is 0 Å². The fourth-order valence-electron chi connectivity index (χ4n) is 3.03. The predicted molar refractivity (Wildman–Crippen MR) is 91.3 cm³/mol. The second-order valence-corrected chi connectivity index (χ2v) is 6.46. The zero-order chi connectivity index (χ0) is 16.4. The van der Waals surface area contributed by atoms with Crippen LogP contribution in [0.1, 0.15) is 35.8 Å². The average molecular weight is 333 g/mol. The quantitative estimate of drug-likeness (QED) is 0.908. The third-order valence-electron chi connectivity index (χ3n) is 4.29. The van der Waals surface area contributed by atoms with E-state index >= 15 is 0 Å². The lowest BCUT2D eigenvalue weighted by Gasteiger charge is -2.28. The molecule has 0 aliphatic carbocycles. The minimum atomic E-state index is -0.0695. The van der Waals surface area contributed by atoms with E-state index in [1.807, 2.05) is 31.2 Å². The van der Waals surface area contributed by atoms with Gasteiger partial charge in [-0.15, -0.1) is 0 Å². The summed E-state index contributed by atoms with van der Waals surface area (Å²) in [6.45, 7) is 4.96. The van der Waals surface area contributed by atoms with Gasteiger partial charge in [0.05, 0.1) is 28.2 Å². The van der Waals surface area contributed by atoms with Crippen LogP contribution in [0.3, 0.4) is 0 Å². The minimum Gasteiger partial charge on any atom is -0.349 e. The van der Waals surface area contributed by atoms with E-state index in [9.17, 15) is 4.79 Å². The molecule has 0 spiro atoms. The Morgan fingerprint density at radius 2 is 2.22 bits per heavy atom. The van der Waals surface area contributed by atoms with Crippen LogP contribution in [0.15, 0.2) is 30.5 Å². The van der Waals surface area contributed by atoms with Crippen molar-refractivity contribution >= 4 is 17.5 Å². The molecule has 2 N–H and O–H groups in total. The maximum atomic E-state index is 12.6. The van der Waals surface area contributed by atoms with Gasteiger partial charge in [-0.25, -0.2) is 4.68 Å². The first-order chi connectivity index (χ1) is 11.1. The van der Waals surface area contributed by atoms with Crippen LogP contribution in [-0.4, -0.2) is 34.3 Å². The monoisotopic (exact) mass is 332 g/mol. The Labute approximate surface area is 141 Å². The molecule has 1 aliphatic heterocycles. The zero-order valence-electron chi connectivity index (χ0n) is 13.3. The van der Waals surface area contributed by atoms with E-state index in [1.54, 1.807) is 10.9 Å². The molecule has 122 valence electrons. The maximum absolute atomic E-state index is 12.6. The normalized spacial score (nSPS) is 21.2. The molecular formula is C17H21ClN4O. The van der Waals surface area contributed by atoms with Crippen LogP contribution in [0.4, 0.5) is 0 Å². The van der Waals surface area contributed by atoms with E-state index in [1.165, 1.54) is 0 Å². The molecule has 6 heteroatoms. The van der Waals surface area contributed by atoms with Gasteiger partial charge in [-0.3, -0.25) is 4.79 Å². The lowest BCUT2D eigenvalue weighted by Crippen LogP contribution is -2.46. The molecule has 23 heavy (non-hydrogen) atoms. The molecule has 1 fully saturated rings. The number of benzene rings is 1. The highest BCUT2D eigenvalue weighted by Gasteiger charge is 2.22. The van der Waals surface area contributed by atoms with Gasteiger partial charge in [0, 0.05) is 12.1 Å². The van der Waals surface area contributed by atoms with Crippen LogP contribution in [-0.2, 0) is 0 Å². The first-order valence-electron chi connectivity index (χ1n) is 7.90. The summed E-state index contributed by atoms with van der Waals surface area (Å²) in [7, 11) is 0. The highest BCUT2D eigenvalue weighted by Crippen LogP contribution is 2.22. The van der Waals surface area contributed by atoms with Gasteiger partial charge in [-0.05, 0) is 45.4 Å². The zero-order valence-corrected chi connectivity index (χ0v) is 14.1. The van der Waals surface area contributed by atoms with Gasteiger partial charge in [0.2, 0.25) is 0 Å². The van der Waals surface area contributed by atoms with E-state index in [-0.39, 0.29) is 11.9 Å². The SMILES string of the molecule is Cc1c(C(=O)NC2CCNC(C)C2)cnn1-c1ccccc1Cl. The second kappa shape index (κ2) is 6.72. The van der Waals surface area contributed by atoms with Crippen LogP contribution in [0.25, 0.3) is 5.69 Å².